The molecule has 0 bridgehead atoms. The Labute approximate surface area is 108 Å². The fourth-order valence-electron chi connectivity index (χ4n) is 1.55. The van der Waals surface area contributed by atoms with E-state index in [4.69, 9.17) is 5.11 Å². The third-order valence-corrected chi connectivity index (χ3v) is 3.73. The summed E-state index contributed by atoms with van der Waals surface area (Å²) < 4.78 is 1.46. The Kier molecular flexibility index (Phi) is 4.00. The molecule has 18 heavy (non-hydrogen) atoms. The van der Waals surface area contributed by atoms with E-state index in [1.54, 1.807) is 25.2 Å². The van der Waals surface area contributed by atoms with Crippen LogP contribution in [0.2, 0.25) is 0 Å². The van der Waals surface area contributed by atoms with Crippen LogP contribution in [0.15, 0.2) is 34.2 Å². The van der Waals surface area contributed by atoms with Gasteiger partial charge in [0.25, 0.3) is 5.56 Å². The predicted octanol–water partition coefficient (Wildman–Crippen LogP) is 0.379. The van der Waals surface area contributed by atoms with Gasteiger partial charge in [0, 0.05) is 12.8 Å². The number of benzene rings is 1. The zero-order chi connectivity index (χ0) is 13.1. The van der Waals surface area contributed by atoms with E-state index in [-0.39, 0.29) is 12.2 Å². The number of fused-ring (bicyclic) bond motifs is 1. The Morgan fingerprint density at radius 3 is 2.89 bits per heavy atom. The van der Waals surface area contributed by atoms with Gasteiger partial charge in [-0.2, -0.15) is 0 Å². The lowest BCUT2D eigenvalue weighted by molar-refractivity contribution is 0.113. The molecule has 0 saturated heterocycles. The van der Waals surface area contributed by atoms with E-state index in [9.17, 15) is 9.90 Å². The van der Waals surface area contributed by atoms with Crippen molar-refractivity contribution in [3.63, 3.8) is 0 Å². The molecule has 0 amide bonds. The van der Waals surface area contributed by atoms with Crippen molar-refractivity contribution in [1.29, 1.82) is 0 Å². The Balaban J connectivity index is 2.40. The van der Waals surface area contributed by atoms with E-state index in [0.29, 0.717) is 21.8 Å². The van der Waals surface area contributed by atoms with Crippen LogP contribution in [0.5, 0.6) is 0 Å². The first-order valence-electron chi connectivity index (χ1n) is 5.51. The van der Waals surface area contributed by atoms with Gasteiger partial charge < -0.3 is 10.2 Å². The molecule has 1 unspecified atom stereocenters. The summed E-state index contributed by atoms with van der Waals surface area (Å²) in [6.45, 7) is -0.297. The summed E-state index contributed by atoms with van der Waals surface area (Å²) in [5.41, 5.74) is 0.531. The molecule has 2 aromatic rings. The Hall–Kier alpha value is -1.37. The minimum atomic E-state index is -0.807. The van der Waals surface area contributed by atoms with Gasteiger partial charge in [0.15, 0.2) is 5.16 Å². The molecule has 6 heteroatoms. The number of thioether (sulfide) groups is 1. The average Bonchev–Trinajstić information content (AvgIpc) is 2.41. The number of nitrogens with zero attached hydrogens (tertiary/aromatic N) is 2. The Morgan fingerprint density at radius 2 is 2.17 bits per heavy atom. The van der Waals surface area contributed by atoms with Gasteiger partial charge >= 0.3 is 0 Å². The highest BCUT2D eigenvalue weighted by molar-refractivity contribution is 7.99. The number of aliphatic hydroxyl groups is 2. The first kappa shape index (κ1) is 13.1. The highest BCUT2D eigenvalue weighted by Gasteiger charge is 2.10. The van der Waals surface area contributed by atoms with Crippen molar-refractivity contribution in [2.24, 2.45) is 7.05 Å². The van der Waals surface area contributed by atoms with Crippen molar-refractivity contribution in [3.8, 4) is 0 Å². The molecular weight excluding hydrogens is 252 g/mol. The summed E-state index contributed by atoms with van der Waals surface area (Å²) in [6.07, 6.45) is -0.807. The fourth-order valence-corrected chi connectivity index (χ4v) is 2.44. The van der Waals surface area contributed by atoms with Gasteiger partial charge in [0.05, 0.1) is 23.6 Å². The molecule has 0 saturated carbocycles. The Morgan fingerprint density at radius 1 is 1.44 bits per heavy atom. The molecule has 0 aliphatic heterocycles. The van der Waals surface area contributed by atoms with E-state index in [0.717, 1.165) is 0 Å². The van der Waals surface area contributed by atoms with Crippen molar-refractivity contribution in [2.75, 3.05) is 12.4 Å². The smallest absolute Gasteiger partial charge is 0.261 e. The van der Waals surface area contributed by atoms with Crippen molar-refractivity contribution in [1.82, 2.24) is 9.55 Å². The standard InChI is InChI=1S/C12H14N2O3S/c1-14-11(17)9-4-2-3-5-10(9)13-12(14)18-7-8(16)6-15/h2-5,8,15-16H,6-7H2,1H3. The van der Waals surface area contributed by atoms with Crippen LogP contribution in [0.3, 0.4) is 0 Å². The fraction of sp³-hybridized carbons (Fsp3) is 0.333. The van der Waals surface area contributed by atoms with Gasteiger partial charge in [-0.3, -0.25) is 9.36 Å². The van der Waals surface area contributed by atoms with Crippen molar-refractivity contribution < 1.29 is 10.2 Å². The monoisotopic (exact) mass is 266 g/mol. The van der Waals surface area contributed by atoms with Crippen LogP contribution >= 0.6 is 11.8 Å². The lowest BCUT2D eigenvalue weighted by Gasteiger charge is -2.10. The normalized spacial score (nSPS) is 12.8. The third kappa shape index (κ3) is 2.55. The topological polar surface area (TPSA) is 75.3 Å². The minimum Gasteiger partial charge on any atom is -0.394 e. The zero-order valence-corrected chi connectivity index (χ0v) is 10.7. The van der Waals surface area contributed by atoms with Gasteiger partial charge in [-0.25, -0.2) is 4.98 Å². The van der Waals surface area contributed by atoms with Crippen LogP contribution in [0, 0.1) is 0 Å². The van der Waals surface area contributed by atoms with Crippen LogP contribution in [0.1, 0.15) is 0 Å². The number of rotatable bonds is 4. The molecule has 0 fully saturated rings. The molecule has 0 aliphatic rings. The van der Waals surface area contributed by atoms with Crippen LogP contribution in [0.25, 0.3) is 10.9 Å². The van der Waals surface area contributed by atoms with Crippen molar-refractivity contribution >= 4 is 22.7 Å². The molecule has 0 aliphatic carbocycles. The summed E-state index contributed by atoms with van der Waals surface area (Å²) in [4.78, 5) is 16.4. The van der Waals surface area contributed by atoms with E-state index in [1.807, 2.05) is 6.07 Å². The van der Waals surface area contributed by atoms with E-state index in [1.165, 1.54) is 16.3 Å². The van der Waals surface area contributed by atoms with E-state index < -0.39 is 6.10 Å². The predicted molar refractivity (Wildman–Crippen MR) is 70.8 cm³/mol. The quantitative estimate of drug-likeness (QED) is 0.618. The molecule has 2 rings (SSSR count). The molecule has 2 N–H and O–H groups in total. The molecule has 1 aromatic heterocycles. The molecule has 0 spiro atoms. The zero-order valence-electron chi connectivity index (χ0n) is 9.91. The number of hydrogen-bond acceptors (Lipinski definition) is 5. The maximum atomic E-state index is 12.1. The highest BCUT2D eigenvalue weighted by atomic mass is 32.2. The van der Waals surface area contributed by atoms with Gasteiger partial charge in [-0.05, 0) is 12.1 Å². The number of para-hydroxylation sites is 1. The number of aliphatic hydroxyl groups excluding tert-OH is 2. The van der Waals surface area contributed by atoms with Crippen LogP contribution in [0.4, 0.5) is 0 Å². The summed E-state index contributed by atoms with van der Waals surface area (Å²) in [6, 6.07) is 7.14. The number of hydrogen-bond donors (Lipinski definition) is 2. The SMILES string of the molecule is Cn1c(SCC(O)CO)nc2ccccc2c1=O. The van der Waals surface area contributed by atoms with Crippen molar-refractivity contribution in [2.45, 2.75) is 11.3 Å². The highest BCUT2D eigenvalue weighted by Crippen LogP contribution is 2.17. The molecule has 5 nitrogen and oxygen atoms in total. The molecule has 96 valence electrons. The lowest BCUT2D eigenvalue weighted by Crippen LogP contribution is -2.21. The summed E-state index contributed by atoms with van der Waals surface area (Å²) >= 11 is 1.25. The second-order valence-electron chi connectivity index (χ2n) is 3.92. The van der Waals surface area contributed by atoms with Crippen LogP contribution in [-0.4, -0.2) is 38.2 Å². The largest absolute Gasteiger partial charge is 0.394 e. The summed E-state index contributed by atoms with van der Waals surface area (Å²) in [5.74, 6) is 0.301. The minimum absolute atomic E-state index is 0.110. The molecule has 1 heterocycles. The van der Waals surface area contributed by atoms with Gasteiger partial charge in [-0.15, -0.1) is 0 Å². The second kappa shape index (κ2) is 5.51. The van der Waals surface area contributed by atoms with Gasteiger partial charge in [-0.1, -0.05) is 23.9 Å². The second-order valence-corrected chi connectivity index (χ2v) is 4.91. The van der Waals surface area contributed by atoms with Gasteiger partial charge in [0.2, 0.25) is 0 Å². The first-order valence-corrected chi connectivity index (χ1v) is 6.49. The molecule has 0 radical (unpaired) electrons. The maximum absolute atomic E-state index is 12.1. The van der Waals surface area contributed by atoms with E-state index >= 15 is 0 Å². The summed E-state index contributed by atoms with van der Waals surface area (Å²) in [7, 11) is 1.65. The van der Waals surface area contributed by atoms with Crippen LogP contribution in [-0.2, 0) is 7.05 Å². The first-order chi connectivity index (χ1) is 8.63. The van der Waals surface area contributed by atoms with Crippen LogP contribution < -0.4 is 5.56 Å². The van der Waals surface area contributed by atoms with Gasteiger partial charge in [0.1, 0.15) is 0 Å². The average molecular weight is 266 g/mol. The summed E-state index contributed by atoms with van der Waals surface area (Å²) in [5, 5.41) is 19.2. The van der Waals surface area contributed by atoms with Crippen molar-refractivity contribution in [3.05, 3.63) is 34.6 Å². The maximum Gasteiger partial charge on any atom is 0.261 e. The van der Waals surface area contributed by atoms with E-state index in [2.05, 4.69) is 4.98 Å². The molecule has 1 aromatic carbocycles. The lowest BCUT2D eigenvalue weighted by atomic mass is 10.2. The Bertz CT molecular complexity index is 612. The third-order valence-electron chi connectivity index (χ3n) is 2.56. The molecule has 1 atom stereocenters. The number of aromatic nitrogens is 2. The molecular formula is C12H14N2O3S.